The first-order valence-corrected chi connectivity index (χ1v) is 8.48. The highest BCUT2D eigenvalue weighted by Gasteiger charge is 2.17. The molecule has 0 spiro atoms. The van der Waals surface area contributed by atoms with E-state index in [2.05, 4.69) is 45.0 Å². The summed E-state index contributed by atoms with van der Waals surface area (Å²) in [6.45, 7) is 6.67. The zero-order valence-electron chi connectivity index (χ0n) is 12.5. The average Bonchev–Trinajstić information content (AvgIpc) is 2.37. The van der Waals surface area contributed by atoms with E-state index in [-0.39, 0.29) is 5.41 Å². The Labute approximate surface area is 122 Å². The van der Waals surface area contributed by atoms with Crippen molar-refractivity contribution in [2.24, 2.45) is 0 Å². The zero-order valence-corrected chi connectivity index (χ0v) is 13.3. The van der Waals surface area contributed by atoms with Crippen molar-refractivity contribution in [3.8, 4) is 0 Å². The van der Waals surface area contributed by atoms with Crippen LogP contribution in [0.2, 0.25) is 0 Å². The van der Waals surface area contributed by atoms with Gasteiger partial charge in [0.05, 0.1) is 5.41 Å². The van der Waals surface area contributed by atoms with Crippen LogP contribution in [0.25, 0.3) is 0 Å². The van der Waals surface area contributed by atoms with Gasteiger partial charge in [-0.2, -0.15) is 8.42 Å². The number of rotatable bonds is 7. The molecule has 0 heterocycles. The second kappa shape index (κ2) is 7.04. The Hall–Kier alpha value is -1.13. The highest BCUT2D eigenvalue weighted by Crippen LogP contribution is 2.26. The molecule has 0 aliphatic carbocycles. The molecular weight excluding hydrogens is 272 g/mol. The molecule has 0 aliphatic heterocycles. The molecule has 3 nitrogen and oxygen atoms in total. The first-order chi connectivity index (χ1) is 9.24. The Bertz CT molecular complexity index is 540. The highest BCUT2D eigenvalue weighted by atomic mass is 32.2. The van der Waals surface area contributed by atoms with Crippen LogP contribution in [0, 0.1) is 0 Å². The molecule has 0 saturated heterocycles. The summed E-state index contributed by atoms with van der Waals surface area (Å²) in [5.41, 5.74) is 2.80. The summed E-state index contributed by atoms with van der Waals surface area (Å²) in [5.74, 6) is 0. The first kappa shape index (κ1) is 16.9. The van der Waals surface area contributed by atoms with Gasteiger partial charge < -0.3 is 0 Å². The van der Waals surface area contributed by atoms with Crippen LogP contribution in [0.5, 0.6) is 0 Å². The summed E-state index contributed by atoms with van der Waals surface area (Å²) in [6, 6.07) is 8.62. The van der Waals surface area contributed by atoms with E-state index >= 15 is 0 Å². The SMILES string of the molecule is CCC(C)(C)c1ccc(CCCC=CS(=O)(=O)O)cc1. The molecule has 0 saturated carbocycles. The smallest absolute Gasteiger partial charge is 0.282 e. The Morgan fingerprint density at radius 1 is 1.20 bits per heavy atom. The number of unbranched alkanes of at least 4 members (excludes halogenated alkanes) is 1. The zero-order chi connectivity index (χ0) is 15.2. The molecule has 0 fully saturated rings. The molecule has 20 heavy (non-hydrogen) atoms. The Morgan fingerprint density at radius 2 is 1.80 bits per heavy atom. The molecule has 1 N–H and O–H groups in total. The minimum absolute atomic E-state index is 0.205. The van der Waals surface area contributed by atoms with Crippen molar-refractivity contribution in [3.63, 3.8) is 0 Å². The fourth-order valence-electron chi connectivity index (χ4n) is 1.94. The molecule has 1 rings (SSSR count). The third kappa shape index (κ3) is 5.88. The number of hydrogen-bond donors (Lipinski definition) is 1. The normalized spacial score (nSPS) is 13.0. The van der Waals surface area contributed by atoms with Gasteiger partial charge in [-0.05, 0) is 42.2 Å². The molecule has 0 bridgehead atoms. The van der Waals surface area contributed by atoms with E-state index in [4.69, 9.17) is 4.55 Å². The molecule has 1 aromatic rings. The lowest BCUT2D eigenvalue weighted by Gasteiger charge is -2.23. The average molecular weight is 296 g/mol. The second-order valence-electron chi connectivity index (χ2n) is 5.71. The number of benzene rings is 1. The Kier molecular flexibility index (Phi) is 5.96. The highest BCUT2D eigenvalue weighted by molar-refractivity contribution is 7.88. The van der Waals surface area contributed by atoms with Crippen LogP contribution in [0.4, 0.5) is 0 Å². The van der Waals surface area contributed by atoms with Gasteiger partial charge in [-0.3, -0.25) is 4.55 Å². The molecule has 1 aromatic carbocycles. The molecule has 0 aromatic heterocycles. The van der Waals surface area contributed by atoms with Gasteiger partial charge in [0.2, 0.25) is 0 Å². The summed E-state index contributed by atoms with van der Waals surface area (Å²) in [4.78, 5) is 0. The lowest BCUT2D eigenvalue weighted by molar-refractivity contribution is 0.494. The van der Waals surface area contributed by atoms with Crippen molar-refractivity contribution in [1.82, 2.24) is 0 Å². The Balaban J connectivity index is 2.49. The molecule has 0 unspecified atom stereocenters. The van der Waals surface area contributed by atoms with Gasteiger partial charge in [-0.1, -0.05) is 51.1 Å². The summed E-state index contributed by atoms with van der Waals surface area (Å²) < 4.78 is 29.5. The van der Waals surface area contributed by atoms with Crippen LogP contribution in [0.1, 0.15) is 51.2 Å². The van der Waals surface area contributed by atoms with Crippen molar-refractivity contribution >= 4 is 10.1 Å². The maximum Gasteiger partial charge on any atom is 0.287 e. The van der Waals surface area contributed by atoms with E-state index in [1.54, 1.807) is 0 Å². The van der Waals surface area contributed by atoms with Crippen LogP contribution in [0.15, 0.2) is 35.7 Å². The van der Waals surface area contributed by atoms with E-state index in [0.29, 0.717) is 6.42 Å². The standard InChI is InChI=1S/C16H24O3S/c1-4-16(2,3)15-11-9-14(10-12-15)8-6-5-7-13-20(17,18)19/h7,9-13H,4-6,8H2,1-3H3,(H,17,18,19). The minimum atomic E-state index is -3.97. The number of allylic oxidation sites excluding steroid dienone is 1. The predicted molar refractivity (Wildman–Crippen MR) is 83.4 cm³/mol. The molecule has 0 amide bonds. The third-order valence-electron chi connectivity index (χ3n) is 3.72. The predicted octanol–water partition coefficient (Wildman–Crippen LogP) is 4.10. The van der Waals surface area contributed by atoms with E-state index in [1.807, 2.05) is 0 Å². The van der Waals surface area contributed by atoms with Crippen LogP contribution in [-0.4, -0.2) is 13.0 Å². The Morgan fingerprint density at radius 3 is 2.30 bits per heavy atom. The summed E-state index contributed by atoms with van der Waals surface area (Å²) in [5, 5.41) is 0.847. The quantitative estimate of drug-likeness (QED) is 0.609. The summed E-state index contributed by atoms with van der Waals surface area (Å²) in [6.07, 6.45) is 5.00. The fraction of sp³-hybridized carbons (Fsp3) is 0.500. The van der Waals surface area contributed by atoms with Crippen molar-refractivity contribution in [3.05, 3.63) is 46.9 Å². The fourth-order valence-corrected chi connectivity index (χ4v) is 2.32. The van der Waals surface area contributed by atoms with Crippen molar-refractivity contribution in [2.45, 2.75) is 51.9 Å². The van der Waals surface area contributed by atoms with Crippen LogP contribution in [0.3, 0.4) is 0 Å². The lowest BCUT2D eigenvalue weighted by atomic mass is 9.82. The van der Waals surface area contributed by atoms with Gasteiger partial charge in [0.1, 0.15) is 0 Å². The molecular formula is C16H24O3S. The van der Waals surface area contributed by atoms with Crippen LogP contribution < -0.4 is 0 Å². The van der Waals surface area contributed by atoms with Crippen LogP contribution >= 0.6 is 0 Å². The van der Waals surface area contributed by atoms with Gasteiger partial charge in [0.15, 0.2) is 0 Å². The van der Waals surface area contributed by atoms with Crippen molar-refractivity contribution in [1.29, 1.82) is 0 Å². The molecule has 4 heteroatoms. The first-order valence-electron chi connectivity index (χ1n) is 6.98. The van der Waals surface area contributed by atoms with Crippen LogP contribution in [-0.2, 0) is 22.0 Å². The second-order valence-corrected chi connectivity index (χ2v) is 7.02. The number of aryl methyl sites for hydroxylation is 1. The lowest BCUT2D eigenvalue weighted by Crippen LogP contribution is -2.15. The topological polar surface area (TPSA) is 54.4 Å². The van der Waals surface area contributed by atoms with Gasteiger partial charge in [0.25, 0.3) is 10.1 Å². The van der Waals surface area contributed by atoms with E-state index in [9.17, 15) is 8.42 Å². The largest absolute Gasteiger partial charge is 0.287 e. The van der Waals surface area contributed by atoms with Crippen molar-refractivity contribution in [2.75, 3.05) is 0 Å². The number of hydrogen-bond acceptors (Lipinski definition) is 2. The van der Waals surface area contributed by atoms with E-state index in [0.717, 1.165) is 24.7 Å². The monoisotopic (exact) mass is 296 g/mol. The molecule has 0 aliphatic rings. The molecule has 112 valence electrons. The van der Waals surface area contributed by atoms with Gasteiger partial charge in [-0.15, -0.1) is 0 Å². The van der Waals surface area contributed by atoms with Gasteiger partial charge in [0, 0.05) is 0 Å². The minimum Gasteiger partial charge on any atom is -0.282 e. The van der Waals surface area contributed by atoms with Gasteiger partial charge >= 0.3 is 0 Å². The molecule has 0 radical (unpaired) electrons. The van der Waals surface area contributed by atoms with Gasteiger partial charge in [-0.25, -0.2) is 0 Å². The maximum atomic E-state index is 10.5. The summed E-state index contributed by atoms with van der Waals surface area (Å²) in [7, 11) is -3.97. The van der Waals surface area contributed by atoms with E-state index < -0.39 is 10.1 Å². The summed E-state index contributed by atoms with van der Waals surface area (Å²) >= 11 is 0. The van der Waals surface area contributed by atoms with E-state index in [1.165, 1.54) is 17.2 Å². The maximum absolute atomic E-state index is 10.5. The van der Waals surface area contributed by atoms with Crippen molar-refractivity contribution < 1.29 is 13.0 Å². The molecule has 0 atom stereocenters. The third-order valence-corrected chi connectivity index (χ3v) is 4.26.